The average molecular weight is 456 g/mol. The quantitative estimate of drug-likeness (QED) is 0.322. The Morgan fingerprint density at radius 2 is 1.59 bits per heavy atom. The summed E-state index contributed by atoms with van der Waals surface area (Å²) in [5.41, 5.74) is 10.1. The van der Waals surface area contributed by atoms with Crippen LogP contribution in [-0.4, -0.2) is 17.4 Å². The Labute approximate surface area is 194 Å². The van der Waals surface area contributed by atoms with E-state index in [4.69, 9.17) is 10.7 Å². The number of nitrogen functional groups attached to an aromatic ring is 1. The summed E-state index contributed by atoms with van der Waals surface area (Å²) in [4.78, 5) is 20.2. The van der Waals surface area contributed by atoms with Crippen LogP contribution < -0.4 is 11.1 Å². The molecule has 32 heavy (non-hydrogen) atoms. The standard InChI is InChI=1S/C26H21N3OS2/c27-23-19-13-14-21(22-12-7-15-31-22)29-26(19)32-24(23)25(30)28-16-20(17-8-3-1-4-9-17)18-10-5-2-6-11-18/h1-15,20H,16,27H2,(H,28,30). The second-order valence-electron chi connectivity index (χ2n) is 7.46. The Hall–Kier alpha value is -3.48. The third kappa shape index (κ3) is 4.02. The Morgan fingerprint density at radius 1 is 0.906 bits per heavy atom. The van der Waals surface area contributed by atoms with Crippen LogP contribution in [0.3, 0.4) is 0 Å². The van der Waals surface area contributed by atoms with Gasteiger partial charge >= 0.3 is 0 Å². The largest absolute Gasteiger partial charge is 0.397 e. The molecule has 0 aliphatic rings. The second-order valence-corrected chi connectivity index (χ2v) is 9.40. The molecule has 5 aromatic rings. The van der Waals surface area contributed by atoms with Gasteiger partial charge in [0.05, 0.1) is 16.3 Å². The molecule has 0 radical (unpaired) electrons. The number of nitrogens with one attached hydrogen (secondary N) is 1. The molecule has 158 valence electrons. The van der Waals surface area contributed by atoms with Crippen molar-refractivity contribution < 1.29 is 4.79 Å². The molecule has 0 spiro atoms. The van der Waals surface area contributed by atoms with Crippen LogP contribution in [0.25, 0.3) is 20.8 Å². The van der Waals surface area contributed by atoms with Crippen LogP contribution >= 0.6 is 22.7 Å². The monoisotopic (exact) mass is 455 g/mol. The molecule has 6 heteroatoms. The summed E-state index contributed by atoms with van der Waals surface area (Å²) < 4.78 is 0. The number of hydrogen-bond acceptors (Lipinski definition) is 5. The zero-order chi connectivity index (χ0) is 21.9. The molecule has 0 fully saturated rings. The van der Waals surface area contributed by atoms with Gasteiger partial charge in [0.1, 0.15) is 9.71 Å². The number of nitrogens with zero attached hydrogens (tertiary/aromatic N) is 1. The first-order valence-corrected chi connectivity index (χ1v) is 12.0. The molecule has 1 amide bonds. The van der Waals surface area contributed by atoms with Crippen molar-refractivity contribution in [1.82, 2.24) is 10.3 Å². The van der Waals surface area contributed by atoms with Crippen molar-refractivity contribution in [2.75, 3.05) is 12.3 Å². The number of anilines is 1. The predicted molar refractivity (Wildman–Crippen MR) is 134 cm³/mol. The van der Waals surface area contributed by atoms with Gasteiger partial charge in [0.2, 0.25) is 0 Å². The Balaban J connectivity index is 1.40. The molecule has 0 bridgehead atoms. The van der Waals surface area contributed by atoms with Crippen molar-refractivity contribution in [3.63, 3.8) is 0 Å². The molecule has 0 aliphatic carbocycles. The zero-order valence-corrected chi connectivity index (χ0v) is 18.8. The van der Waals surface area contributed by atoms with E-state index in [0.717, 1.165) is 31.9 Å². The van der Waals surface area contributed by atoms with Gasteiger partial charge in [-0.2, -0.15) is 0 Å². The number of rotatable bonds is 6. The summed E-state index contributed by atoms with van der Waals surface area (Å²) in [5, 5.41) is 5.95. The predicted octanol–water partition coefficient (Wildman–Crippen LogP) is 6.17. The second kappa shape index (κ2) is 8.94. The normalized spacial score (nSPS) is 11.2. The number of thiophene rings is 2. The third-order valence-corrected chi connectivity index (χ3v) is 7.45. The van der Waals surface area contributed by atoms with Crippen molar-refractivity contribution in [2.24, 2.45) is 0 Å². The van der Waals surface area contributed by atoms with Crippen molar-refractivity contribution in [2.45, 2.75) is 5.92 Å². The number of pyridine rings is 1. The number of fused-ring (bicyclic) bond motifs is 1. The first-order valence-electron chi connectivity index (χ1n) is 10.3. The van der Waals surface area contributed by atoms with Gasteiger partial charge in [-0.05, 0) is 34.7 Å². The third-order valence-electron chi connectivity index (χ3n) is 5.44. The number of amides is 1. The first kappa shape index (κ1) is 20.4. The Bertz CT molecular complexity index is 1310. The number of benzene rings is 2. The van der Waals surface area contributed by atoms with E-state index >= 15 is 0 Å². The van der Waals surface area contributed by atoms with Gasteiger partial charge in [-0.15, -0.1) is 22.7 Å². The number of aromatic nitrogens is 1. The molecule has 3 aromatic heterocycles. The molecule has 2 aromatic carbocycles. The molecule has 3 heterocycles. The molecule has 0 saturated carbocycles. The lowest BCUT2D eigenvalue weighted by atomic mass is 9.91. The van der Waals surface area contributed by atoms with Crippen LogP contribution in [-0.2, 0) is 0 Å². The summed E-state index contributed by atoms with van der Waals surface area (Å²) in [6.07, 6.45) is 0. The highest BCUT2D eigenvalue weighted by molar-refractivity contribution is 7.21. The van der Waals surface area contributed by atoms with E-state index in [1.165, 1.54) is 11.3 Å². The average Bonchev–Trinajstić information content (AvgIpc) is 3.49. The van der Waals surface area contributed by atoms with Gasteiger partial charge in [0, 0.05) is 17.8 Å². The molecule has 5 rings (SSSR count). The lowest BCUT2D eigenvalue weighted by molar-refractivity contribution is 0.0957. The van der Waals surface area contributed by atoms with Crippen molar-refractivity contribution in [3.05, 3.63) is 106 Å². The number of carbonyl (C=O) groups is 1. The minimum Gasteiger partial charge on any atom is -0.397 e. The van der Waals surface area contributed by atoms with E-state index in [9.17, 15) is 4.79 Å². The van der Waals surface area contributed by atoms with Gasteiger partial charge in [0.15, 0.2) is 0 Å². The smallest absolute Gasteiger partial charge is 0.263 e. The van der Waals surface area contributed by atoms with Crippen LogP contribution in [0, 0.1) is 0 Å². The first-order chi connectivity index (χ1) is 15.7. The molecular formula is C26H21N3OS2. The van der Waals surface area contributed by atoms with Gasteiger partial charge in [0.25, 0.3) is 5.91 Å². The fraction of sp³-hybridized carbons (Fsp3) is 0.0769. The maximum atomic E-state index is 13.1. The minimum absolute atomic E-state index is 0.0560. The zero-order valence-electron chi connectivity index (χ0n) is 17.2. The fourth-order valence-corrected chi connectivity index (χ4v) is 5.51. The Morgan fingerprint density at radius 3 is 2.22 bits per heavy atom. The van der Waals surface area contributed by atoms with E-state index in [-0.39, 0.29) is 11.8 Å². The summed E-state index contributed by atoms with van der Waals surface area (Å²) in [6, 6.07) is 28.4. The number of hydrogen-bond donors (Lipinski definition) is 2. The molecule has 0 aliphatic heterocycles. The molecule has 0 unspecified atom stereocenters. The van der Waals surface area contributed by atoms with Gasteiger partial charge < -0.3 is 11.1 Å². The maximum Gasteiger partial charge on any atom is 0.263 e. The van der Waals surface area contributed by atoms with Gasteiger partial charge in [-0.25, -0.2) is 4.98 Å². The van der Waals surface area contributed by atoms with Crippen molar-refractivity contribution >= 4 is 44.5 Å². The van der Waals surface area contributed by atoms with E-state index < -0.39 is 0 Å². The summed E-state index contributed by atoms with van der Waals surface area (Å²) >= 11 is 2.98. The molecular weight excluding hydrogens is 434 g/mol. The lowest BCUT2D eigenvalue weighted by Crippen LogP contribution is -2.28. The topological polar surface area (TPSA) is 68.0 Å². The number of carbonyl (C=O) groups excluding carboxylic acids is 1. The highest BCUT2D eigenvalue weighted by Crippen LogP contribution is 2.35. The lowest BCUT2D eigenvalue weighted by Gasteiger charge is -2.18. The van der Waals surface area contributed by atoms with Crippen LogP contribution in [0.4, 0.5) is 5.69 Å². The number of nitrogens with two attached hydrogens (primary N) is 1. The SMILES string of the molecule is Nc1c(C(=O)NCC(c2ccccc2)c2ccccc2)sc2nc(-c3cccs3)ccc12. The molecule has 0 atom stereocenters. The maximum absolute atomic E-state index is 13.1. The van der Waals surface area contributed by atoms with Crippen LogP contribution in [0.15, 0.2) is 90.3 Å². The van der Waals surface area contributed by atoms with Crippen LogP contribution in [0.5, 0.6) is 0 Å². The summed E-state index contributed by atoms with van der Waals surface area (Å²) in [7, 11) is 0. The molecule has 3 N–H and O–H groups in total. The summed E-state index contributed by atoms with van der Waals surface area (Å²) in [5.74, 6) is -0.111. The van der Waals surface area contributed by atoms with Gasteiger partial charge in [-0.1, -0.05) is 66.7 Å². The van der Waals surface area contributed by atoms with Crippen molar-refractivity contribution in [3.8, 4) is 10.6 Å². The Kier molecular flexibility index (Phi) is 5.71. The highest BCUT2D eigenvalue weighted by Gasteiger charge is 2.20. The van der Waals surface area contributed by atoms with Gasteiger partial charge in [-0.3, -0.25) is 4.79 Å². The van der Waals surface area contributed by atoms with E-state index in [2.05, 4.69) is 29.6 Å². The summed E-state index contributed by atoms with van der Waals surface area (Å²) in [6.45, 7) is 0.481. The molecule has 4 nitrogen and oxygen atoms in total. The molecule has 0 saturated heterocycles. The van der Waals surface area contributed by atoms with E-state index in [0.29, 0.717) is 17.1 Å². The van der Waals surface area contributed by atoms with Crippen molar-refractivity contribution in [1.29, 1.82) is 0 Å². The highest BCUT2D eigenvalue weighted by atomic mass is 32.1. The minimum atomic E-state index is -0.167. The van der Waals surface area contributed by atoms with E-state index in [1.54, 1.807) is 11.3 Å². The van der Waals surface area contributed by atoms with E-state index in [1.807, 2.05) is 66.0 Å². The van der Waals surface area contributed by atoms with Crippen LogP contribution in [0.2, 0.25) is 0 Å². The van der Waals surface area contributed by atoms with Crippen LogP contribution in [0.1, 0.15) is 26.7 Å². The fourth-order valence-electron chi connectivity index (χ4n) is 3.80.